The first-order chi connectivity index (χ1) is 7.65. The molecule has 0 atom stereocenters. The van der Waals surface area contributed by atoms with E-state index in [1.165, 1.54) is 18.2 Å². The molecule has 0 saturated heterocycles. The summed E-state index contributed by atoms with van der Waals surface area (Å²) >= 11 is 0. The number of pyridine rings is 1. The molecule has 0 fully saturated rings. The third kappa shape index (κ3) is 2.34. The summed E-state index contributed by atoms with van der Waals surface area (Å²) in [6, 6.07) is 6.58. The molecule has 2 rings (SSSR count). The third-order valence-corrected chi connectivity index (χ3v) is 2.21. The van der Waals surface area contributed by atoms with Gasteiger partial charge in [0.05, 0.1) is 0 Å². The molecule has 0 aliphatic heterocycles. The SMILES string of the molecule is O=c1ccn(Cc2ccc(F)c(F)c2)cc1. The lowest BCUT2D eigenvalue weighted by Crippen LogP contribution is -2.05. The first-order valence-electron chi connectivity index (χ1n) is 4.75. The van der Waals surface area contributed by atoms with Crippen LogP contribution in [0.25, 0.3) is 0 Å². The van der Waals surface area contributed by atoms with Gasteiger partial charge in [-0.3, -0.25) is 4.79 Å². The van der Waals surface area contributed by atoms with Gasteiger partial charge in [0, 0.05) is 31.1 Å². The second-order valence-corrected chi connectivity index (χ2v) is 3.45. The predicted octanol–water partition coefficient (Wildman–Crippen LogP) is 2.17. The molecule has 0 N–H and O–H groups in total. The summed E-state index contributed by atoms with van der Waals surface area (Å²) in [5, 5.41) is 0. The zero-order valence-electron chi connectivity index (χ0n) is 8.36. The lowest BCUT2D eigenvalue weighted by atomic mass is 10.2. The van der Waals surface area contributed by atoms with Crippen LogP contribution in [0.2, 0.25) is 0 Å². The molecule has 0 amide bonds. The van der Waals surface area contributed by atoms with Crippen LogP contribution in [-0.2, 0) is 6.54 Å². The minimum Gasteiger partial charge on any atom is -0.350 e. The molecule has 4 heteroatoms. The Morgan fingerprint density at radius 2 is 1.69 bits per heavy atom. The first-order valence-corrected chi connectivity index (χ1v) is 4.75. The van der Waals surface area contributed by atoms with E-state index < -0.39 is 11.6 Å². The Morgan fingerprint density at radius 1 is 1.00 bits per heavy atom. The maximum Gasteiger partial charge on any atom is 0.181 e. The Morgan fingerprint density at radius 3 is 2.31 bits per heavy atom. The highest BCUT2D eigenvalue weighted by atomic mass is 19.2. The third-order valence-electron chi connectivity index (χ3n) is 2.21. The Hall–Kier alpha value is -1.97. The second kappa shape index (κ2) is 4.26. The van der Waals surface area contributed by atoms with E-state index >= 15 is 0 Å². The number of rotatable bonds is 2. The highest BCUT2D eigenvalue weighted by molar-refractivity contribution is 5.18. The van der Waals surface area contributed by atoms with Crippen LogP contribution >= 0.6 is 0 Å². The van der Waals surface area contributed by atoms with E-state index in [1.807, 2.05) is 0 Å². The monoisotopic (exact) mass is 221 g/mol. The van der Waals surface area contributed by atoms with Crippen molar-refractivity contribution in [2.24, 2.45) is 0 Å². The second-order valence-electron chi connectivity index (χ2n) is 3.45. The normalized spacial score (nSPS) is 10.4. The number of benzene rings is 1. The van der Waals surface area contributed by atoms with Crippen LogP contribution in [0.3, 0.4) is 0 Å². The molecular formula is C12H9F2NO. The van der Waals surface area contributed by atoms with E-state index in [4.69, 9.17) is 0 Å². The summed E-state index contributed by atoms with van der Waals surface area (Å²) in [6.07, 6.45) is 3.20. The quantitative estimate of drug-likeness (QED) is 0.761. The van der Waals surface area contributed by atoms with Crippen molar-refractivity contribution in [1.29, 1.82) is 0 Å². The summed E-state index contributed by atoms with van der Waals surface area (Å²) in [4.78, 5) is 10.8. The van der Waals surface area contributed by atoms with Gasteiger partial charge < -0.3 is 4.57 Å². The molecule has 0 radical (unpaired) electrons. The average molecular weight is 221 g/mol. The zero-order chi connectivity index (χ0) is 11.5. The highest BCUT2D eigenvalue weighted by Crippen LogP contribution is 2.09. The average Bonchev–Trinajstić information content (AvgIpc) is 2.27. The molecule has 1 aromatic heterocycles. The molecule has 16 heavy (non-hydrogen) atoms. The van der Waals surface area contributed by atoms with Crippen molar-refractivity contribution in [3.8, 4) is 0 Å². The molecule has 2 aromatic rings. The van der Waals surface area contributed by atoms with Crippen LogP contribution < -0.4 is 5.43 Å². The highest BCUT2D eigenvalue weighted by Gasteiger charge is 2.02. The fourth-order valence-electron chi connectivity index (χ4n) is 1.40. The minimum absolute atomic E-state index is 0.0819. The van der Waals surface area contributed by atoms with E-state index in [0.717, 1.165) is 12.1 Å². The van der Waals surface area contributed by atoms with Gasteiger partial charge in [-0.2, -0.15) is 0 Å². The van der Waals surface area contributed by atoms with Gasteiger partial charge >= 0.3 is 0 Å². The number of halogens is 2. The van der Waals surface area contributed by atoms with Gasteiger partial charge in [0.15, 0.2) is 17.1 Å². The fraction of sp³-hybridized carbons (Fsp3) is 0.0833. The van der Waals surface area contributed by atoms with Crippen LogP contribution in [-0.4, -0.2) is 4.57 Å². The lowest BCUT2D eigenvalue weighted by molar-refractivity contribution is 0.506. The van der Waals surface area contributed by atoms with Crippen molar-refractivity contribution >= 4 is 0 Å². The van der Waals surface area contributed by atoms with Gasteiger partial charge in [0.1, 0.15) is 0 Å². The molecule has 0 saturated carbocycles. The van der Waals surface area contributed by atoms with Crippen LogP contribution in [0.15, 0.2) is 47.5 Å². The van der Waals surface area contributed by atoms with Gasteiger partial charge in [-0.15, -0.1) is 0 Å². The number of hydrogen-bond acceptors (Lipinski definition) is 1. The molecular weight excluding hydrogens is 212 g/mol. The van der Waals surface area contributed by atoms with Crippen molar-refractivity contribution in [1.82, 2.24) is 4.57 Å². The number of hydrogen-bond donors (Lipinski definition) is 0. The molecule has 0 bridgehead atoms. The van der Waals surface area contributed by atoms with Crippen LogP contribution in [0.4, 0.5) is 8.78 Å². The molecule has 1 heterocycles. The molecule has 2 nitrogen and oxygen atoms in total. The zero-order valence-corrected chi connectivity index (χ0v) is 8.36. The molecule has 0 aliphatic rings. The predicted molar refractivity (Wildman–Crippen MR) is 56.2 cm³/mol. The Labute approximate surface area is 90.8 Å². The van der Waals surface area contributed by atoms with Crippen molar-refractivity contribution in [3.05, 3.63) is 70.1 Å². The summed E-state index contributed by atoms with van der Waals surface area (Å²) < 4.78 is 27.3. The minimum atomic E-state index is -0.862. The van der Waals surface area contributed by atoms with Crippen molar-refractivity contribution < 1.29 is 8.78 Å². The summed E-state index contributed by atoms with van der Waals surface area (Å²) in [7, 11) is 0. The number of aromatic nitrogens is 1. The molecule has 0 unspecified atom stereocenters. The molecule has 1 aromatic carbocycles. The largest absolute Gasteiger partial charge is 0.350 e. The summed E-state index contributed by atoms with van der Waals surface area (Å²) in [5.74, 6) is -1.72. The van der Waals surface area contributed by atoms with E-state index in [2.05, 4.69) is 0 Å². The Balaban J connectivity index is 2.23. The van der Waals surface area contributed by atoms with Gasteiger partial charge in [-0.05, 0) is 17.7 Å². The maximum absolute atomic E-state index is 12.9. The van der Waals surface area contributed by atoms with E-state index in [-0.39, 0.29) is 5.43 Å². The van der Waals surface area contributed by atoms with Gasteiger partial charge in [-0.1, -0.05) is 6.07 Å². The van der Waals surface area contributed by atoms with Gasteiger partial charge in [0.25, 0.3) is 0 Å². The summed E-state index contributed by atoms with van der Waals surface area (Å²) in [6.45, 7) is 0.400. The molecule has 0 spiro atoms. The Bertz CT molecular complexity index is 543. The van der Waals surface area contributed by atoms with Crippen molar-refractivity contribution in [3.63, 3.8) is 0 Å². The smallest absolute Gasteiger partial charge is 0.181 e. The Kier molecular flexibility index (Phi) is 2.81. The standard InChI is InChI=1S/C12H9F2NO/c13-11-2-1-9(7-12(11)14)8-15-5-3-10(16)4-6-15/h1-7H,8H2. The maximum atomic E-state index is 12.9. The molecule has 82 valence electrons. The lowest BCUT2D eigenvalue weighted by Gasteiger charge is -2.05. The van der Waals surface area contributed by atoms with Crippen LogP contribution in [0.5, 0.6) is 0 Å². The van der Waals surface area contributed by atoms with Gasteiger partial charge in [-0.25, -0.2) is 8.78 Å². The van der Waals surface area contributed by atoms with Gasteiger partial charge in [0.2, 0.25) is 0 Å². The first kappa shape index (κ1) is 10.5. The van der Waals surface area contributed by atoms with Crippen LogP contribution in [0, 0.1) is 11.6 Å². The van der Waals surface area contributed by atoms with E-state index in [0.29, 0.717) is 12.1 Å². The van der Waals surface area contributed by atoms with Crippen molar-refractivity contribution in [2.75, 3.05) is 0 Å². The van der Waals surface area contributed by atoms with Crippen LogP contribution in [0.1, 0.15) is 5.56 Å². The van der Waals surface area contributed by atoms with Crippen molar-refractivity contribution in [2.45, 2.75) is 6.54 Å². The van der Waals surface area contributed by atoms with E-state index in [9.17, 15) is 13.6 Å². The van der Waals surface area contributed by atoms with E-state index in [1.54, 1.807) is 17.0 Å². The fourth-order valence-corrected chi connectivity index (χ4v) is 1.40. The molecule has 0 aliphatic carbocycles. The summed E-state index contributed by atoms with van der Waals surface area (Å²) in [5.41, 5.74) is 0.559. The topological polar surface area (TPSA) is 22.0 Å². The number of nitrogens with zero attached hydrogens (tertiary/aromatic N) is 1.